The summed E-state index contributed by atoms with van der Waals surface area (Å²) in [5, 5.41) is 0. The van der Waals surface area contributed by atoms with Gasteiger partial charge in [-0.15, -0.1) is 11.3 Å². The molecular formula is C19H20N2O3S2. The Morgan fingerprint density at radius 2 is 1.88 bits per heavy atom. The molecule has 2 aromatic heterocycles. The van der Waals surface area contributed by atoms with Gasteiger partial charge in [0.15, 0.2) is 0 Å². The maximum Gasteiger partial charge on any atom is 0.274 e. The summed E-state index contributed by atoms with van der Waals surface area (Å²) in [6.07, 6.45) is 4.16. The number of aromatic nitrogens is 1. The largest absolute Gasteiger partial charge is 0.497 e. The van der Waals surface area contributed by atoms with Crippen molar-refractivity contribution < 1.29 is 13.2 Å². The Kier molecular flexibility index (Phi) is 5.58. The summed E-state index contributed by atoms with van der Waals surface area (Å²) in [4.78, 5) is 5.13. The number of thiophene rings is 1. The van der Waals surface area contributed by atoms with Crippen molar-refractivity contribution in [3.8, 4) is 5.75 Å². The first-order valence-electron chi connectivity index (χ1n) is 8.19. The molecule has 2 heterocycles. The number of anilines is 1. The highest BCUT2D eigenvalue weighted by molar-refractivity contribution is 7.94. The number of ether oxygens (including phenoxy) is 1. The molecule has 0 spiro atoms. The molecule has 0 saturated carbocycles. The molecule has 0 unspecified atom stereocenters. The number of sulfonamides is 1. The van der Waals surface area contributed by atoms with Gasteiger partial charge in [0.25, 0.3) is 10.0 Å². The van der Waals surface area contributed by atoms with Crippen LogP contribution in [-0.4, -0.2) is 20.5 Å². The second-order valence-corrected chi connectivity index (χ2v) is 8.90. The van der Waals surface area contributed by atoms with Crippen LogP contribution < -0.4 is 9.04 Å². The Hall–Kier alpha value is -2.38. The van der Waals surface area contributed by atoms with Crippen LogP contribution in [0.25, 0.3) is 0 Å². The summed E-state index contributed by atoms with van der Waals surface area (Å²) in [5.74, 6) is 0.678. The van der Waals surface area contributed by atoms with Crippen molar-refractivity contribution in [3.05, 3.63) is 71.4 Å². The lowest BCUT2D eigenvalue weighted by atomic mass is 10.2. The molecule has 0 aliphatic carbocycles. The van der Waals surface area contributed by atoms with Crippen molar-refractivity contribution in [2.45, 2.75) is 24.1 Å². The van der Waals surface area contributed by atoms with Crippen molar-refractivity contribution in [2.75, 3.05) is 11.4 Å². The molecule has 0 atom stereocenters. The third-order valence-corrected chi connectivity index (χ3v) is 7.41. The fourth-order valence-corrected chi connectivity index (χ4v) is 5.38. The lowest BCUT2D eigenvalue weighted by Crippen LogP contribution is -2.30. The molecule has 3 rings (SSSR count). The minimum absolute atomic E-state index is 0.210. The Bertz CT molecular complexity index is 952. The molecule has 0 aliphatic heterocycles. The van der Waals surface area contributed by atoms with Gasteiger partial charge in [-0.05, 0) is 54.4 Å². The predicted octanol–water partition coefficient (Wildman–Crippen LogP) is 4.11. The van der Waals surface area contributed by atoms with E-state index in [2.05, 4.69) is 4.98 Å². The first-order chi connectivity index (χ1) is 12.5. The van der Waals surface area contributed by atoms with Gasteiger partial charge in [0.05, 0.1) is 19.3 Å². The van der Waals surface area contributed by atoms with Crippen molar-refractivity contribution in [2.24, 2.45) is 0 Å². The van der Waals surface area contributed by atoms with Gasteiger partial charge in [-0.2, -0.15) is 0 Å². The van der Waals surface area contributed by atoms with Crippen molar-refractivity contribution in [1.29, 1.82) is 0 Å². The summed E-state index contributed by atoms with van der Waals surface area (Å²) in [5.41, 5.74) is 1.40. The zero-order valence-corrected chi connectivity index (χ0v) is 16.3. The van der Waals surface area contributed by atoms with Crippen LogP contribution in [0.2, 0.25) is 0 Å². The van der Waals surface area contributed by atoms with Crippen LogP contribution >= 0.6 is 11.3 Å². The summed E-state index contributed by atoms with van der Waals surface area (Å²) < 4.78 is 33.5. The summed E-state index contributed by atoms with van der Waals surface area (Å²) in [7, 11) is -2.10. The number of pyridine rings is 1. The van der Waals surface area contributed by atoms with Gasteiger partial charge in [0.2, 0.25) is 0 Å². The molecule has 1 aromatic carbocycles. The summed E-state index contributed by atoms with van der Waals surface area (Å²) in [6.45, 7) is 2.22. The minimum atomic E-state index is -3.68. The monoisotopic (exact) mass is 388 g/mol. The first kappa shape index (κ1) is 18.4. The molecule has 3 aromatic rings. The van der Waals surface area contributed by atoms with Crippen molar-refractivity contribution in [1.82, 2.24) is 4.98 Å². The Morgan fingerprint density at radius 3 is 2.46 bits per heavy atom. The molecule has 0 N–H and O–H groups in total. The Labute approximate surface area is 157 Å². The highest BCUT2D eigenvalue weighted by Gasteiger charge is 2.27. The normalized spacial score (nSPS) is 11.3. The smallest absolute Gasteiger partial charge is 0.274 e. The van der Waals surface area contributed by atoms with E-state index in [0.717, 1.165) is 16.9 Å². The second kappa shape index (κ2) is 7.88. The quantitative estimate of drug-likeness (QED) is 0.611. The zero-order valence-electron chi connectivity index (χ0n) is 14.6. The fourth-order valence-electron chi connectivity index (χ4n) is 2.52. The van der Waals surface area contributed by atoms with Crippen LogP contribution in [0.5, 0.6) is 5.75 Å². The molecule has 136 valence electrons. The maximum absolute atomic E-state index is 13.3. The lowest BCUT2D eigenvalue weighted by Gasteiger charge is -2.24. The average Bonchev–Trinajstić information content (AvgIpc) is 3.17. The van der Waals surface area contributed by atoms with E-state index in [1.807, 2.05) is 19.1 Å². The number of rotatable bonds is 7. The van der Waals surface area contributed by atoms with Gasteiger partial charge in [0.1, 0.15) is 9.96 Å². The summed E-state index contributed by atoms with van der Waals surface area (Å²) >= 11 is 1.31. The molecule has 0 saturated heterocycles. The molecule has 0 aliphatic rings. The fraction of sp³-hybridized carbons (Fsp3) is 0.211. The summed E-state index contributed by atoms with van der Waals surface area (Å²) in [6, 6.07) is 14.2. The SMILES string of the molecule is CCc1ccc(S(=O)(=O)N(Cc2cccnc2)c2ccc(OC)cc2)s1. The first-order valence-corrected chi connectivity index (χ1v) is 10.4. The molecular weight excluding hydrogens is 368 g/mol. The van der Waals surface area contributed by atoms with Crippen LogP contribution in [0.4, 0.5) is 5.69 Å². The van der Waals surface area contributed by atoms with Crippen LogP contribution in [0, 0.1) is 0 Å². The molecule has 26 heavy (non-hydrogen) atoms. The molecule has 0 bridgehead atoms. The van der Waals surface area contributed by atoms with E-state index in [0.29, 0.717) is 15.6 Å². The highest BCUT2D eigenvalue weighted by Crippen LogP contribution is 2.31. The highest BCUT2D eigenvalue weighted by atomic mass is 32.2. The Balaban J connectivity index is 2.03. The number of aryl methyl sites for hydroxylation is 1. The number of methoxy groups -OCH3 is 1. The number of benzene rings is 1. The van der Waals surface area contributed by atoms with E-state index in [-0.39, 0.29) is 6.54 Å². The third-order valence-electron chi connectivity index (χ3n) is 3.94. The molecule has 0 fully saturated rings. The number of nitrogens with zero attached hydrogens (tertiary/aromatic N) is 2. The van der Waals surface area contributed by atoms with Gasteiger partial charge >= 0.3 is 0 Å². The lowest BCUT2D eigenvalue weighted by molar-refractivity contribution is 0.415. The molecule has 0 radical (unpaired) electrons. The molecule has 7 heteroatoms. The van der Waals surface area contributed by atoms with E-state index in [4.69, 9.17) is 4.74 Å². The minimum Gasteiger partial charge on any atom is -0.497 e. The number of hydrogen-bond acceptors (Lipinski definition) is 5. The Morgan fingerprint density at radius 1 is 1.12 bits per heavy atom. The molecule has 5 nitrogen and oxygen atoms in total. The predicted molar refractivity (Wildman–Crippen MR) is 104 cm³/mol. The van der Waals surface area contributed by atoms with Gasteiger partial charge in [-0.1, -0.05) is 13.0 Å². The van der Waals surface area contributed by atoms with Crippen molar-refractivity contribution in [3.63, 3.8) is 0 Å². The number of hydrogen-bond donors (Lipinski definition) is 0. The van der Waals surface area contributed by atoms with Gasteiger partial charge in [0, 0.05) is 17.3 Å². The van der Waals surface area contributed by atoms with Gasteiger partial charge < -0.3 is 4.74 Å². The third kappa shape index (κ3) is 3.89. The van der Waals surface area contributed by atoms with E-state index in [9.17, 15) is 8.42 Å². The molecule has 0 amide bonds. The van der Waals surface area contributed by atoms with E-state index < -0.39 is 10.0 Å². The second-order valence-electron chi connectivity index (χ2n) is 5.65. The average molecular weight is 389 g/mol. The van der Waals surface area contributed by atoms with Gasteiger partial charge in [-0.3, -0.25) is 9.29 Å². The zero-order chi connectivity index (χ0) is 18.6. The van der Waals surface area contributed by atoms with Crippen LogP contribution in [-0.2, 0) is 23.0 Å². The topological polar surface area (TPSA) is 59.5 Å². The van der Waals surface area contributed by atoms with Crippen molar-refractivity contribution >= 4 is 27.0 Å². The van der Waals surface area contributed by atoms with E-state index in [1.54, 1.807) is 55.9 Å². The maximum atomic E-state index is 13.3. The van der Waals surface area contributed by atoms with E-state index in [1.165, 1.54) is 15.6 Å². The van der Waals surface area contributed by atoms with Crippen LogP contribution in [0.1, 0.15) is 17.4 Å². The van der Waals surface area contributed by atoms with Crippen LogP contribution in [0.3, 0.4) is 0 Å². The van der Waals surface area contributed by atoms with Gasteiger partial charge in [-0.25, -0.2) is 8.42 Å². The standard InChI is InChI=1S/C19H20N2O3S2/c1-3-18-10-11-19(25-18)26(22,23)21(14-15-5-4-12-20-13-15)16-6-8-17(24-2)9-7-16/h4-13H,3,14H2,1-2H3. The van der Waals surface area contributed by atoms with E-state index >= 15 is 0 Å². The van der Waals surface area contributed by atoms with Crippen LogP contribution in [0.15, 0.2) is 65.1 Å².